The third kappa shape index (κ3) is 26.4. The standard InChI is InChI=1S/C6H12O2.C3H8/c1-5(7)8-6(2,3)4;1-3-2/h1-4H3;3H2,1-2H3. The summed E-state index contributed by atoms with van der Waals surface area (Å²) in [4.78, 5) is 10.2. The molecule has 2 heteroatoms. The van der Waals surface area contributed by atoms with Crippen molar-refractivity contribution in [2.24, 2.45) is 0 Å². The molecule has 0 saturated heterocycles. The Kier molecular flexibility index (Phi) is 7.37. The van der Waals surface area contributed by atoms with Crippen LogP contribution in [-0.4, -0.2) is 11.6 Å². The van der Waals surface area contributed by atoms with Gasteiger partial charge in [0.15, 0.2) is 0 Å². The molecule has 0 aliphatic rings. The molecule has 11 heavy (non-hydrogen) atoms. The molecule has 0 atom stereocenters. The van der Waals surface area contributed by atoms with E-state index in [1.54, 1.807) is 0 Å². The van der Waals surface area contributed by atoms with Crippen molar-refractivity contribution >= 4 is 5.97 Å². The second kappa shape index (κ2) is 6.20. The lowest BCUT2D eigenvalue weighted by atomic mass is 10.2. The first-order chi connectivity index (χ1) is 4.83. The van der Waals surface area contributed by atoms with E-state index in [0.717, 1.165) is 0 Å². The van der Waals surface area contributed by atoms with E-state index < -0.39 is 0 Å². The molecular formula is C9H20O2. The number of esters is 1. The Morgan fingerprint density at radius 2 is 1.55 bits per heavy atom. The van der Waals surface area contributed by atoms with E-state index in [1.807, 2.05) is 20.8 Å². The first-order valence-corrected chi connectivity index (χ1v) is 4.03. The van der Waals surface area contributed by atoms with Crippen LogP contribution in [0.25, 0.3) is 0 Å². The molecular weight excluding hydrogens is 140 g/mol. The average Bonchev–Trinajstić information content (AvgIpc) is 1.57. The molecule has 0 spiro atoms. The average molecular weight is 160 g/mol. The Balaban J connectivity index is 0. The number of hydrogen-bond donors (Lipinski definition) is 0. The topological polar surface area (TPSA) is 26.3 Å². The summed E-state index contributed by atoms with van der Waals surface area (Å²) in [6.07, 6.45) is 1.25. The van der Waals surface area contributed by atoms with Crippen LogP contribution in [0, 0.1) is 0 Å². The molecule has 0 aromatic heterocycles. The molecule has 0 amide bonds. The van der Waals surface area contributed by atoms with Crippen molar-refractivity contribution in [3.63, 3.8) is 0 Å². The molecule has 0 aromatic carbocycles. The van der Waals surface area contributed by atoms with Gasteiger partial charge in [-0.1, -0.05) is 20.3 Å². The van der Waals surface area contributed by atoms with E-state index in [1.165, 1.54) is 13.3 Å². The molecule has 68 valence electrons. The lowest BCUT2D eigenvalue weighted by Crippen LogP contribution is -2.21. The monoisotopic (exact) mass is 160 g/mol. The van der Waals surface area contributed by atoms with Gasteiger partial charge in [-0.3, -0.25) is 4.79 Å². The molecule has 0 aliphatic heterocycles. The van der Waals surface area contributed by atoms with Crippen LogP contribution in [-0.2, 0) is 9.53 Å². The van der Waals surface area contributed by atoms with Crippen molar-refractivity contribution in [1.82, 2.24) is 0 Å². The maximum atomic E-state index is 10.2. The smallest absolute Gasteiger partial charge is 0.303 e. The fourth-order valence-corrected chi connectivity index (χ4v) is 0.431. The molecule has 0 heterocycles. The SMILES string of the molecule is CC(=O)OC(C)(C)C.CCC. The maximum Gasteiger partial charge on any atom is 0.303 e. The summed E-state index contributed by atoms with van der Waals surface area (Å²) in [6.45, 7) is 11.2. The fraction of sp³-hybridized carbons (Fsp3) is 0.889. The van der Waals surface area contributed by atoms with E-state index >= 15 is 0 Å². The van der Waals surface area contributed by atoms with Gasteiger partial charge in [-0.15, -0.1) is 0 Å². The van der Waals surface area contributed by atoms with Crippen molar-refractivity contribution in [3.05, 3.63) is 0 Å². The van der Waals surface area contributed by atoms with Crippen LogP contribution in [0.3, 0.4) is 0 Å². The van der Waals surface area contributed by atoms with E-state index in [9.17, 15) is 4.79 Å². The highest BCUT2D eigenvalue weighted by Crippen LogP contribution is 2.05. The van der Waals surface area contributed by atoms with E-state index in [4.69, 9.17) is 4.74 Å². The number of rotatable bonds is 0. The van der Waals surface area contributed by atoms with Crippen LogP contribution in [0.15, 0.2) is 0 Å². The van der Waals surface area contributed by atoms with E-state index in [0.29, 0.717) is 0 Å². The third-order valence-corrected chi connectivity index (χ3v) is 0.450. The molecule has 0 bridgehead atoms. The van der Waals surface area contributed by atoms with Crippen molar-refractivity contribution in [2.45, 2.75) is 53.6 Å². The van der Waals surface area contributed by atoms with E-state index in [2.05, 4.69) is 13.8 Å². The van der Waals surface area contributed by atoms with Gasteiger partial charge in [0, 0.05) is 6.92 Å². The second-order valence-electron chi connectivity index (χ2n) is 3.41. The van der Waals surface area contributed by atoms with Gasteiger partial charge >= 0.3 is 5.97 Å². The Morgan fingerprint density at radius 1 is 1.27 bits per heavy atom. The Morgan fingerprint density at radius 3 is 1.55 bits per heavy atom. The molecule has 0 saturated carbocycles. The molecule has 0 rings (SSSR count). The summed E-state index contributed by atoms with van der Waals surface area (Å²) in [5, 5.41) is 0. The second-order valence-corrected chi connectivity index (χ2v) is 3.41. The van der Waals surface area contributed by atoms with Crippen molar-refractivity contribution in [1.29, 1.82) is 0 Å². The zero-order valence-corrected chi connectivity index (χ0v) is 8.52. The van der Waals surface area contributed by atoms with Crippen LogP contribution < -0.4 is 0 Å². The number of hydrogen-bond acceptors (Lipinski definition) is 2. The highest BCUT2D eigenvalue weighted by atomic mass is 16.6. The summed E-state index contributed by atoms with van der Waals surface area (Å²) < 4.78 is 4.80. The first kappa shape index (κ1) is 13.1. The molecule has 0 fully saturated rings. The lowest BCUT2D eigenvalue weighted by molar-refractivity contribution is -0.151. The van der Waals surface area contributed by atoms with Gasteiger partial charge in [0.1, 0.15) is 5.60 Å². The minimum absolute atomic E-state index is 0.225. The van der Waals surface area contributed by atoms with Gasteiger partial charge in [-0.05, 0) is 20.8 Å². The van der Waals surface area contributed by atoms with Crippen molar-refractivity contribution in [2.75, 3.05) is 0 Å². The van der Waals surface area contributed by atoms with Gasteiger partial charge in [-0.2, -0.15) is 0 Å². The molecule has 0 aliphatic carbocycles. The van der Waals surface area contributed by atoms with Crippen LogP contribution in [0.1, 0.15) is 48.0 Å². The van der Waals surface area contributed by atoms with Crippen LogP contribution in [0.2, 0.25) is 0 Å². The van der Waals surface area contributed by atoms with Gasteiger partial charge in [0.25, 0.3) is 0 Å². The fourth-order valence-electron chi connectivity index (χ4n) is 0.431. The van der Waals surface area contributed by atoms with Gasteiger partial charge in [-0.25, -0.2) is 0 Å². The first-order valence-electron chi connectivity index (χ1n) is 4.03. The largest absolute Gasteiger partial charge is 0.460 e. The quantitative estimate of drug-likeness (QED) is 0.509. The molecule has 0 N–H and O–H groups in total. The Hall–Kier alpha value is -0.530. The van der Waals surface area contributed by atoms with Crippen molar-refractivity contribution in [3.8, 4) is 0 Å². The predicted molar refractivity (Wildman–Crippen MR) is 47.5 cm³/mol. The molecule has 0 unspecified atom stereocenters. The molecule has 0 radical (unpaired) electrons. The number of ether oxygens (including phenoxy) is 1. The Labute approximate surface area is 69.9 Å². The van der Waals surface area contributed by atoms with Gasteiger partial charge < -0.3 is 4.74 Å². The Bertz CT molecular complexity index is 101. The lowest BCUT2D eigenvalue weighted by Gasteiger charge is -2.17. The highest BCUT2D eigenvalue weighted by Gasteiger charge is 2.11. The zero-order valence-electron chi connectivity index (χ0n) is 8.52. The summed E-state index contributed by atoms with van der Waals surface area (Å²) in [5.74, 6) is -0.225. The maximum absolute atomic E-state index is 10.2. The number of carbonyl (C=O) groups is 1. The van der Waals surface area contributed by atoms with Crippen LogP contribution >= 0.6 is 0 Å². The minimum atomic E-state index is -0.328. The third-order valence-electron chi connectivity index (χ3n) is 0.450. The predicted octanol–water partition coefficient (Wildman–Crippen LogP) is 2.76. The molecule has 2 nitrogen and oxygen atoms in total. The van der Waals surface area contributed by atoms with Crippen molar-refractivity contribution < 1.29 is 9.53 Å². The molecule has 0 aromatic rings. The normalized spacial score (nSPS) is 9.64. The summed E-state index contributed by atoms with van der Waals surface area (Å²) in [5.41, 5.74) is -0.328. The summed E-state index contributed by atoms with van der Waals surface area (Å²) in [6, 6.07) is 0. The number of carbonyl (C=O) groups excluding carboxylic acids is 1. The zero-order chi connectivity index (χ0) is 9.49. The summed E-state index contributed by atoms with van der Waals surface area (Å²) in [7, 11) is 0. The minimum Gasteiger partial charge on any atom is -0.460 e. The highest BCUT2D eigenvalue weighted by molar-refractivity contribution is 5.66. The van der Waals surface area contributed by atoms with Gasteiger partial charge in [0.05, 0.1) is 0 Å². The van der Waals surface area contributed by atoms with Gasteiger partial charge in [0.2, 0.25) is 0 Å². The van der Waals surface area contributed by atoms with Crippen LogP contribution in [0.5, 0.6) is 0 Å². The van der Waals surface area contributed by atoms with E-state index in [-0.39, 0.29) is 11.6 Å². The van der Waals surface area contributed by atoms with Crippen LogP contribution in [0.4, 0.5) is 0 Å². The summed E-state index contributed by atoms with van der Waals surface area (Å²) >= 11 is 0.